The van der Waals surface area contributed by atoms with Crippen LogP contribution in [-0.2, 0) is 14.4 Å². The number of nitrogens with zero attached hydrogens (tertiary/aromatic N) is 4. The van der Waals surface area contributed by atoms with Crippen molar-refractivity contribution in [3.63, 3.8) is 0 Å². The Morgan fingerprint density at radius 2 is 1.88 bits per heavy atom. The Labute approximate surface area is 309 Å². The van der Waals surface area contributed by atoms with E-state index in [1.165, 1.54) is 35.7 Å². The second-order valence-electron chi connectivity index (χ2n) is 16.1. The number of ether oxygens (including phenoxy) is 1. The highest BCUT2D eigenvalue weighted by atomic mass is 35.5. The second kappa shape index (κ2) is 15.9. The van der Waals surface area contributed by atoms with Crippen LogP contribution in [-0.4, -0.2) is 73.7 Å². The Balaban J connectivity index is 1.17. The highest BCUT2D eigenvalue weighted by Gasteiger charge is 2.41. The number of carbonyl (C=O) groups excluding carboxylic acids is 1. The quantitative estimate of drug-likeness (QED) is 0.0842. The molecule has 12 nitrogen and oxygen atoms in total. The molecule has 15 heteroatoms. The van der Waals surface area contributed by atoms with Gasteiger partial charge in [-0.1, -0.05) is 51.3 Å². The summed E-state index contributed by atoms with van der Waals surface area (Å²) in [7, 11) is -6.29. The molecule has 5 rings (SSSR count). The maximum absolute atomic E-state index is 13.1. The lowest BCUT2D eigenvalue weighted by molar-refractivity contribution is 0.0661. The standard InChI is InChI=1S/C36H54ClN7O5SSi/c1-35(2,3)51(6,7)49-28(26-13-8-9-14-26)24-48-31-19-21-44(42-31)30-18-17-27(33(37)41-30)34(45)43-50(46,47)32-16-10-15-29(40-32)38-20-11-12-25-22-36(4,5)39-23-25/h10,15-19,21,25-26,28,39H,8-9,11-14,20,22-24H2,1-7H3,(H,38,40)(H,43,45). The van der Waals surface area contributed by atoms with Crippen LogP contribution in [0.15, 0.2) is 47.6 Å². The van der Waals surface area contributed by atoms with Crippen LogP contribution in [0.2, 0.25) is 23.3 Å². The van der Waals surface area contributed by atoms with Gasteiger partial charge in [0.2, 0.25) is 5.88 Å². The van der Waals surface area contributed by atoms with Crippen molar-refractivity contribution < 1.29 is 22.4 Å². The van der Waals surface area contributed by atoms with Crippen LogP contribution in [0.3, 0.4) is 0 Å². The average molecular weight is 760 g/mol. The van der Waals surface area contributed by atoms with Crippen LogP contribution < -0.4 is 20.1 Å². The van der Waals surface area contributed by atoms with E-state index in [1.807, 2.05) is 0 Å². The first kappa shape index (κ1) is 39.2. The molecule has 0 aromatic carbocycles. The lowest BCUT2D eigenvalue weighted by Gasteiger charge is -2.40. The van der Waals surface area contributed by atoms with Gasteiger partial charge < -0.3 is 19.8 Å². The summed E-state index contributed by atoms with van der Waals surface area (Å²) >= 11 is 6.41. The Morgan fingerprint density at radius 3 is 2.55 bits per heavy atom. The molecule has 2 fully saturated rings. The zero-order valence-electron chi connectivity index (χ0n) is 31.0. The molecule has 1 aliphatic carbocycles. The van der Waals surface area contributed by atoms with Gasteiger partial charge in [-0.15, -0.1) is 5.10 Å². The number of hydrogen-bond acceptors (Lipinski definition) is 10. The molecule has 0 spiro atoms. The molecule has 1 saturated heterocycles. The molecule has 2 atom stereocenters. The van der Waals surface area contributed by atoms with Crippen LogP contribution in [0.25, 0.3) is 5.82 Å². The Morgan fingerprint density at radius 1 is 1.14 bits per heavy atom. The van der Waals surface area contributed by atoms with Crippen LogP contribution in [0.4, 0.5) is 5.82 Å². The highest BCUT2D eigenvalue weighted by Crippen LogP contribution is 2.40. The summed E-state index contributed by atoms with van der Waals surface area (Å²) in [5, 5.41) is 10.9. The molecule has 3 aromatic heterocycles. The molecule has 1 aliphatic heterocycles. The van der Waals surface area contributed by atoms with E-state index in [2.05, 4.69) is 78.1 Å². The van der Waals surface area contributed by atoms with E-state index < -0.39 is 24.2 Å². The van der Waals surface area contributed by atoms with Crippen molar-refractivity contribution >= 4 is 41.7 Å². The summed E-state index contributed by atoms with van der Waals surface area (Å²) in [6, 6.07) is 9.31. The van der Waals surface area contributed by atoms with E-state index >= 15 is 0 Å². The molecule has 1 amide bonds. The van der Waals surface area contributed by atoms with Crippen molar-refractivity contribution in [3.05, 3.63) is 53.3 Å². The first-order valence-corrected chi connectivity index (χ1v) is 22.8. The topological polar surface area (TPSA) is 149 Å². The predicted molar refractivity (Wildman–Crippen MR) is 203 cm³/mol. The summed E-state index contributed by atoms with van der Waals surface area (Å²) in [4.78, 5) is 21.6. The summed E-state index contributed by atoms with van der Waals surface area (Å²) in [6.45, 7) is 17.8. The Bertz CT molecular complexity index is 1770. The molecule has 2 unspecified atom stereocenters. The lowest BCUT2D eigenvalue weighted by atomic mass is 9.94. The third-order valence-electron chi connectivity index (χ3n) is 10.4. The van der Waals surface area contributed by atoms with Gasteiger partial charge in [0, 0.05) is 24.3 Å². The van der Waals surface area contributed by atoms with Crippen molar-refractivity contribution in [3.8, 4) is 11.7 Å². The normalized spacial score (nSPS) is 18.9. The van der Waals surface area contributed by atoms with Crippen molar-refractivity contribution in [1.29, 1.82) is 0 Å². The molecular weight excluding hydrogens is 706 g/mol. The Kier molecular flexibility index (Phi) is 12.2. The van der Waals surface area contributed by atoms with Crippen molar-refractivity contribution in [2.75, 3.05) is 25.0 Å². The first-order chi connectivity index (χ1) is 23.9. The molecule has 0 bridgehead atoms. The maximum atomic E-state index is 13.1. The van der Waals surface area contributed by atoms with Gasteiger partial charge in [0.15, 0.2) is 19.2 Å². The van der Waals surface area contributed by atoms with Crippen molar-refractivity contribution in [2.24, 2.45) is 11.8 Å². The molecule has 1 saturated carbocycles. The summed E-state index contributed by atoms with van der Waals surface area (Å²) in [5.74, 6) is 1.34. The maximum Gasteiger partial charge on any atom is 0.281 e. The summed E-state index contributed by atoms with van der Waals surface area (Å²) in [6.07, 6.45) is 9.51. The largest absolute Gasteiger partial charge is 0.474 e. The number of aromatic nitrogens is 4. The molecule has 2 aliphatic rings. The number of pyridine rings is 2. The van der Waals surface area contributed by atoms with E-state index in [0.717, 1.165) is 38.6 Å². The number of halogens is 1. The van der Waals surface area contributed by atoms with Gasteiger partial charge in [0.25, 0.3) is 15.9 Å². The number of nitrogens with one attached hydrogen (secondary N) is 3. The molecule has 3 aromatic rings. The zero-order chi connectivity index (χ0) is 37.0. The minimum Gasteiger partial charge on any atom is -0.474 e. The molecule has 0 radical (unpaired) electrons. The van der Waals surface area contributed by atoms with Crippen molar-refractivity contribution in [1.82, 2.24) is 29.8 Å². The minimum absolute atomic E-state index is 0.00800. The predicted octanol–water partition coefficient (Wildman–Crippen LogP) is 6.97. The smallest absolute Gasteiger partial charge is 0.281 e. The van der Waals surface area contributed by atoms with Crippen LogP contribution in [0.1, 0.15) is 89.9 Å². The molecule has 51 heavy (non-hydrogen) atoms. The van der Waals surface area contributed by atoms with Gasteiger partial charge >= 0.3 is 0 Å². The van der Waals surface area contributed by atoms with E-state index in [0.29, 0.717) is 42.5 Å². The number of hydrogen-bond donors (Lipinski definition) is 3. The Hall–Kier alpha value is -3.04. The monoisotopic (exact) mass is 759 g/mol. The van der Waals surface area contributed by atoms with Gasteiger partial charge in [-0.2, -0.15) is 8.42 Å². The summed E-state index contributed by atoms with van der Waals surface area (Å²) < 4.78 is 42.8. The van der Waals surface area contributed by atoms with Gasteiger partial charge in [-0.25, -0.2) is 19.4 Å². The van der Waals surface area contributed by atoms with Crippen LogP contribution in [0, 0.1) is 11.8 Å². The molecule has 4 heterocycles. The third-order valence-corrected chi connectivity index (χ3v) is 16.5. The fourth-order valence-corrected chi connectivity index (χ4v) is 9.08. The fraction of sp³-hybridized carbons (Fsp3) is 0.611. The number of amides is 1. The van der Waals surface area contributed by atoms with Crippen molar-refractivity contribution in [2.45, 2.75) is 114 Å². The fourth-order valence-electron chi connectivity index (χ4n) is 6.54. The highest BCUT2D eigenvalue weighted by molar-refractivity contribution is 7.90. The van der Waals surface area contributed by atoms with Gasteiger partial charge in [-0.3, -0.25) is 4.79 Å². The van der Waals surface area contributed by atoms with Gasteiger partial charge in [-0.05, 0) is 107 Å². The van der Waals surface area contributed by atoms with E-state index in [4.69, 9.17) is 20.8 Å². The summed E-state index contributed by atoms with van der Waals surface area (Å²) in [5.41, 5.74) is 0.0713. The number of anilines is 1. The second-order valence-corrected chi connectivity index (χ2v) is 22.8. The number of sulfonamides is 1. The molecule has 3 N–H and O–H groups in total. The van der Waals surface area contributed by atoms with E-state index in [1.54, 1.807) is 24.4 Å². The SMILES string of the molecule is CC1(C)CC(CCCNc2cccc(S(=O)(=O)NC(=O)c3ccc(-n4ccc(OCC(O[Si](C)(C)C(C)(C)C)C5CCCC5)n4)nc3Cl)n2)CN1. The van der Waals surface area contributed by atoms with E-state index in [-0.39, 0.29) is 32.4 Å². The van der Waals surface area contributed by atoms with Gasteiger partial charge in [0.05, 0.1) is 11.7 Å². The first-order valence-electron chi connectivity index (χ1n) is 18.0. The van der Waals surface area contributed by atoms with Crippen LogP contribution >= 0.6 is 11.6 Å². The molecule has 280 valence electrons. The average Bonchev–Trinajstić information content (AvgIpc) is 3.82. The minimum atomic E-state index is -4.29. The number of carbonyl (C=O) groups is 1. The van der Waals surface area contributed by atoms with E-state index in [9.17, 15) is 13.2 Å². The third kappa shape index (κ3) is 10.3. The lowest BCUT2D eigenvalue weighted by Crippen LogP contribution is -2.47. The zero-order valence-corrected chi connectivity index (χ0v) is 33.5. The number of rotatable bonds is 15. The molecular formula is C36H54ClN7O5SSi. The van der Waals surface area contributed by atoms with Crippen LogP contribution in [0.5, 0.6) is 5.88 Å². The van der Waals surface area contributed by atoms with Gasteiger partial charge in [0.1, 0.15) is 17.6 Å².